The van der Waals surface area contributed by atoms with Crippen LogP contribution in [0.25, 0.3) is 0 Å². The number of hydrogen-bond acceptors (Lipinski definition) is 1. The molecule has 0 heterocycles. The number of rotatable bonds is 5. The van der Waals surface area contributed by atoms with Gasteiger partial charge in [-0.15, -0.1) is 11.6 Å². The maximum Gasteiger partial charge on any atom is 0.115 e. The highest BCUT2D eigenvalue weighted by atomic mass is 35.5. The van der Waals surface area contributed by atoms with E-state index in [0.717, 1.165) is 25.1 Å². The summed E-state index contributed by atoms with van der Waals surface area (Å²) in [6.07, 6.45) is 2.97. The van der Waals surface area contributed by atoms with Crippen LogP contribution in [0, 0.1) is 0 Å². The second kappa shape index (κ2) is 6.46. The summed E-state index contributed by atoms with van der Waals surface area (Å²) in [5.41, 5.74) is 3.83. The first kappa shape index (κ1) is 13.0. The van der Waals surface area contributed by atoms with Crippen molar-refractivity contribution in [3.63, 3.8) is 0 Å². The van der Waals surface area contributed by atoms with E-state index in [1.165, 1.54) is 16.7 Å². The number of benzene rings is 2. The summed E-state index contributed by atoms with van der Waals surface area (Å²) in [6.45, 7) is 0. The topological polar surface area (TPSA) is 20.2 Å². The number of alkyl halides is 1. The third kappa shape index (κ3) is 3.78. The molecule has 0 saturated carbocycles. The van der Waals surface area contributed by atoms with Gasteiger partial charge in [0.05, 0.1) is 0 Å². The Morgan fingerprint density at radius 2 is 1.28 bits per heavy atom. The average molecular weight is 261 g/mol. The van der Waals surface area contributed by atoms with Crippen molar-refractivity contribution in [1.82, 2.24) is 0 Å². The first-order chi connectivity index (χ1) is 8.78. The zero-order valence-electron chi connectivity index (χ0n) is 10.3. The molecule has 0 amide bonds. The largest absolute Gasteiger partial charge is 0.508 e. The molecule has 2 heteroatoms. The fourth-order valence-corrected chi connectivity index (χ4v) is 2.08. The molecule has 0 radical (unpaired) electrons. The summed E-state index contributed by atoms with van der Waals surface area (Å²) in [6, 6.07) is 16.0. The Labute approximate surface area is 113 Å². The van der Waals surface area contributed by atoms with Gasteiger partial charge < -0.3 is 5.11 Å². The van der Waals surface area contributed by atoms with Gasteiger partial charge in [-0.1, -0.05) is 36.4 Å². The van der Waals surface area contributed by atoms with Crippen molar-refractivity contribution in [3.8, 4) is 5.75 Å². The highest BCUT2D eigenvalue weighted by molar-refractivity contribution is 6.17. The number of aromatic hydroxyl groups is 1. The van der Waals surface area contributed by atoms with E-state index in [1.807, 2.05) is 12.1 Å². The van der Waals surface area contributed by atoms with E-state index < -0.39 is 0 Å². The molecule has 0 aliphatic carbocycles. The molecule has 2 aromatic carbocycles. The number of phenols is 1. The summed E-state index contributed by atoms with van der Waals surface area (Å²) in [5.74, 6) is 1.03. The zero-order valence-corrected chi connectivity index (χ0v) is 11.0. The van der Waals surface area contributed by atoms with Gasteiger partial charge in [-0.2, -0.15) is 0 Å². The molecular formula is C16H17ClO. The molecule has 0 spiro atoms. The second-order valence-corrected chi connectivity index (χ2v) is 4.83. The molecule has 94 valence electrons. The first-order valence-electron chi connectivity index (χ1n) is 6.19. The summed E-state index contributed by atoms with van der Waals surface area (Å²) in [5, 5.41) is 9.23. The molecule has 0 atom stereocenters. The normalized spacial score (nSPS) is 10.5. The van der Waals surface area contributed by atoms with Crippen LogP contribution >= 0.6 is 11.6 Å². The number of halogens is 1. The van der Waals surface area contributed by atoms with E-state index >= 15 is 0 Å². The Morgan fingerprint density at radius 3 is 1.83 bits per heavy atom. The number of aryl methyl sites for hydroxylation is 1. The van der Waals surface area contributed by atoms with Gasteiger partial charge in [0.2, 0.25) is 0 Å². The Balaban J connectivity index is 1.99. The molecule has 0 aromatic heterocycles. The molecule has 1 N–H and O–H groups in total. The van der Waals surface area contributed by atoms with Gasteiger partial charge in [0, 0.05) is 5.88 Å². The van der Waals surface area contributed by atoms with Gasteiger partial charge in [0.1, 0.15) is 5.75 Å². The summed E-state index contributed by atoms with van der Waals surface area (Å²) in [7, 11) is 0. The molecule has 0 fully saturated rings. The Hall–Kier alpha value is -1.47. The fourth-order valence-electron chi connectivity index (χ4n) is 1.94. The molecule has 2 aromatic rings. The quantitative estimate of drug-likeness (QED) is 0.801. The van der Waals surface area contributed by atoms with Crippen LogP contribution in [0.15, 0.2) is 48.5 Å². The van der Waals surface area contributed by atoms with Gasteiger partial charge in [-0.3, -0.25) is 0 Å². The monoisotopic (exact) mass is 260 g/mol. The SMILES string of the molecule is Oc1ccc(Cc2ccc(CCCCl)cc2)cc1. The Bertz CT molecular complexity index is 473. The van der Waals surface area contributed by atoms with Crippen LogP contribution in [-0.2, 0) is 12.8 Å². The molecule has 0 aliphatic heterocycles. The summed E-state index contributed by atoms with van der Waals surface area (Å²) < 4.78 is 0. The van der Waals surface area contributed by atoms with E-state index in [9.17, 15) is 5.11 Å². The van der Waals surface area contributed by atoms with Gasteiger partial charge in [-0.05, 0) is 48.1 Å². The molecule has 0 unspecified atom stereocenters. The van der Waals surface area contributed by atoms with Gasteiger partial charge in [0.15, 0.2) is 0 Å². The number of hydrogen-bond donors (Lipinski definition) is 1. The van der Waals surface area contributed by atoms with Crippen LogP contribution in [0.1, 0.15) is 23.1 Å². The average Bonchev–Trinajstić information content (AvgIpc) is 2.41. The van der Waals surface area contributed by atoms with Crippen LogP contribution in [-0.4, -0.2) is 11.0 Å². The minimum absolute atomic E-state index is 0.315. The molecule has 1 nitrogen and oxygen atoms in total. The lowest BCUT2D eigenvalue weighted by Crippen LogP contribution is -1.90. The van der Waals surface area contributed by atoms with E-state index in [2.05, 4.69) is 24.3 Å². The lowest BCUT2D eigenvalue weighted by Gasteiger charge is -2.04. The third-order valence-corrected chi connectivity index (χ3v) is 3.23. The maximum absolute atomic E-state index is 9.23. The van der Waals surface area contributed by atoms with E-state index in [0.29, 0.717) is 5.75 Å². The number of phenolic OH excluding ortho intramolecular Hbond substituents is 1. The minimum atomic E-state index is 0.315. The van der Waals surface area contributed by atoms with E-state index in [-0.39, 0.29) is 0 Å². The van der Waals surface area contributed by atoms with Crippen molar-refractivity contribution in [2.24, 2.45) is 0 Å². The van der Waals surface area contributed by atoms with E-state index in [4.69, 9.17) is 11.6 Å². The van der Waals surface area contributed by atoms with Crippen molar-refractivity contribution < 1.29 is 5.11 Å². The highest BCUT2D eigenvalue weighted by Crippen LogP contribution is 2.15. The van der Waals surface area contributed by atoms with Crippen molar-refractivity contribution in [3.05, 3.63) is 65.2 Å². The molecule has 18 heavy (non-hydrogen) atoms. The highest BCUT2D eigenvalue weighted by Gasteiger charge is 1.98. The molecule has 0 saturated heterocycles. The second-order valence-electron chi connectivity index (χ2n) is 4.45. The zero-order chi connectivity index (χ0) is 12.8. The standard InChI is InChI=1S/C16H17ClO/c17-11-1-2-13-3-5-14(6-4-13)12-15-7-9-16(18)10-8-15/h3-10,18H,1-2,11-12H2. The Kier molecular flexibility index (Phi) is 4.66. The van der Waals surface area contributed by atoms with Crippen LogP contribution in [0.2, 0.25) is 0 Å². The van der Waals surface area contributed by atoms with E-state index in [1.54, 1.807) is 12.1 Å². The molecule has 2 rings (SSSR count). The van der Waals surface area contributed by atoms with Gasteiger partial charge in [-0.25, -0.2) is 0 Å². The van der Waals surface area contributed by atoms with Crippen molar-refractivity contribution in [1.29, 1.82) is 0 Å². The van der Waals surface area contributed by atoms with Crippen LogP contribution in [0.3, 0.4) is 0 Å². The smallest absolute Gasteiger partial charge is 0.115 e. The third-order valence-electron chi connectivity index (χ3n) is 2.97. The first-order valence-corrected chi connectivity index (χ1v) is 6.73. The summed E-state index contributed by atoms with van der Waals surface area (Å²) >= 11 is 5.68. The summed E-state index contributed by atoms with van der Waals surface area (Å²) in [4.78, 5) is 0. The van der Waals surface area contributed by atoms with Crippen LogP contribution < -0.4 is 0 Å². The lowest BCUT2D eigenvalue weighted by molar-refractivity contribution is 0.475. The van der Waals surface area contributed by atoms with Crippen molar-refractivity contribution in [2.75, 3.05) is 5.88 Å². The maximum atomic E-state index is 9.23. The van der Waals surface area contributed by atoms with Crippen molar-refractivity contribution >= 4 is 11.6 Å². The molecule has 0 bridgehead atoms. The van der Waals surface area contributed by atoms with Gasteiger partial charge >= 0.3 is 0 Å². The molecular weight excluding hydrogens is 244 g/mol. The van der Waals surface area contributed by atoms with Crippen LogP contribution in [0.4, 0.5) is 0 Å². The fraction of sp³-hybridized carbons (Fsp3) is 0.250. The minimum Gasteiger partial charge on any atom is -0.508 e. The predicted octanol–water partition coefficient (Wildman–Crippen LogP) is 4.15. The van der Waals surface area contributed by atoms with Crippen molar-refractivity contribution in [2.45, 2.75) is 19.3 Å². The predicted molar refractivity (Wildman–Crippen MR) is 76.4 cm³/mol. The Morgan fingerprint density at radius 1 is 0.778 bits per heavy atom. The lowest BCUT2D eigenvalue weighted by atomic mass is 10.0. The van der Waals surface area contributed by atoms with Crippen LogP contribution in [0.5, 0.6) is 5.75 Å². The molecule has 0 aliphatic rings. The van der Waals surface area contributed by atoms with Gasteiger partial charge in [0.25, 0.3) is 0 Å².